The normalized spacial score (nSPS) is 10.6. The highest BCUT2D eigenvalue weighted by molar-refractivity contribution is 5.92. The highest BCUT2D eigenvalue weighted by Crippen LogP contribution is 2.25. The van der Waals surface area contributed by atoms with Crippen LogP contribution < -0.4 is 10.1 Å². The van der Waals surface area contributed by atoms with Crippen molar-refractivity contribution >= 4 is 22.4 Å². The van der Waals surface area contributed by atoms with Crippen LogP contribution in [0.5, 0.6) is 5.75 Å². The van der Waals surface area contributed by atoms with Gasteiger partial charge in [0.1, 0.15) is 18.4 Å². The van der Waals surface area contributed by atoms with Crippen molar-refractivity contribution in [3.63, 3.8) is 0 Å². The van der Waals surface area contributed by atoms with Crippen molar-refractivity contribution < 1.29 is 9.53 Å². The second-order valence-electron chi connectivity index (χ2n) is 5.56. The number of fused-ring (bicyclic) bond motifs is 1. The minimum atomic E-state index is -0.256. The molecule has 0 aliphatic heterocycles. The van der Waals surface area contributed by atoms with Crippen LogP contribution in [0.25, 0.3) is 16.6 Å². The maximum atomic E-state index is 12.1. The molecule has 4 rings (SSSR count). The summed E-state index contributed by atoms with van der Waals surface area (Å²) in [6, 6.07) is 17.1. The standard InChI is InChI=1S/C19H15N5O2/c25-19(11-26-17-7-3-5-14-4-1-2-6-16(14)17)23-15-8-9-18(21-10-15)24-13-20-12-22-24/h1-10,12-13H,11H2,(H,23,25). The molecule has 128 valence electrons. The number of anilines is 1. The number of ether oxygens (including phenoxy) is 1. The van der Waals surface area contributed by atoms with Gasteiger partial charge in [0, 0.05) is 5.39 Å². The summed E-state index contributed by atoms with van der Waals surface area (Å²) >= 11 is 0. The molecule has 1 N–H and O–H groups in total. The van der Waals surface area contributed by atoms with E-state index in [1.807, 2.05) is 42.5 Å². The van der Waals surface area contributed by atoms with Crippen molar-refractivity contribution in [2.24, 2.45) is 0 Å². The Morgan fingerprint density at radius 1 is 1.08 bits per heavy atom. The van der Waals surface area contributed by atoms with Gasteiger partial charge in [0.25, 0.3) is 5.91 Å². The van der Waals surface area contributed by atoms with Crippen LogP contribution in [0.4, 0.5) is 5.69 Å². The molecule has 0 spiro atoms. The van der Waals surface area contributed by atoms with Crippen LogP contribution in [0.15, 0.2) is 73.4 Å². The van der Waals surface area contributed by atoms with E-state index in [4.69, 9.17) is 4.74 Å². The van der Waals surface area contributed by atoms with Crippen molar-refractivity contribution in [1.29, 1.82) is 0 Å². The highest BCUT2D eigenvalue weighted by Gasteiger charge is 2.07. The molecule has 0 saturated carbocycles. The molecular formula is C19H15N5O2. The number of nitrogens with zero attached hydrogens (tertiary/aromatic N) is 4. The van der Waals surface area contributed by atoms with E-state index in [9.17, 15) is 4.79 Å². The van der Waals surface area contributed by atoms with Crippen LogP contribution in [0.2, 0.25) is 0 Å². The molecule has 26 heavy (non-hydrogen) atoms. The first-order valence-corrected chi connectivity index (χ1v) is 8.01. The van der Waals surface area contributed by atoms with Crippen molar-refractivity contribution in [2.45, 2.75) is 0 Å². The second-order valence-corrected chi connectivity index (χ2v) is 5.56. The van der Waals surface area contributed by atoms with E-state index in [2.05, 4.69) is 20.4 Å². The molecule has 0 bridgehead atoms. The third-order valence-electron chi connectivity index (χ3n) is 3.79. The molecule has 0 aliphatic rings. The van der Waals surface area contributed by atoms with Gasteiger partial charge in [-0.3, -0.25) is 4.79 Å². The first kappa shape index (κ1) is 15.8. The number of carbonyl (C=O) groups is 1. The lowest BCUT2D eigenvalue weighted by Gasteiger charge is -2.10. The van der Waals surface area contributed by atoms with E-state index in [0.29, 0.717) is 17.3 Å². The number of nitrogens with one attached hydrogen (secondary N) is 1. The summed E-state index contributed by atoms with van der Waals surface area (Å²) in [5.41, 5.74) is 0.584. The molecule has 7 nitrogen and oxygen atoms in total. The topological polar surface area (TPSA) is 81.9 Å². The van der Waals surface area contributed by atoms with Crippen molar-refractivity contribution in [1.82, 2.24) is 19.7 Å². The summed E-state index contributed by atoms with van der Waals surface area (Å²) in [6.07, 6.45) is 4.55. The molecule has 7 heteroatoms. The number of amides is 1. The zero-order valence-corrected chi connectivity index (χ0v) is 13.7. The number of rotatable bonds is 5. The van der Waals surface area contributed by atoms with Gasteiger partial charge >= 0.3 is 0 Å². The molecule has 0 saturated heterocycles. The third-order valence-corrected chi connectivity index (χ3v) is 3.79. The van der Waals surface area contributed by atoms with Gasteiger partial charge in [0.15, 0.2) is 12.4 Å². The van der Waals surface area contributed by atoms with Crippen LogP contribution in [-0.4, -0.2) is 32.3 Å². The molecule has 2 aromatic heterocycles. The predicted molar refractivity (Wildman–Crippen MR) is 97.2 cm³/mol. The summed E-state index contributed by atoms with van der Waals surface area (Å²) in [5.74, 6) is 1.04. The Morgan fingerprint density at radius 2 is 1.96 bits per heavy atom. The molecule has 1 amide bonds. The van der Waals surface area contributed by atoms with Gasteiger partial charge < -0.3 is 10.1 Å². The molecule has 2 heterocycles. The largest absolute Gasteiger partial charge is 0.483 e. The number of benzene rings is 2. The lowest BCUT2D eigenvalue weighted by atomic mass is 10.1. The SMILES string of the molecule is O=C(COc1cccc2ccccc12)Nc1ccc(-n2cncn2)nc1. The van der Waals surface area contributed by atoms with Crippen molar-refractivity contribution in [3.8, 4) is 11.6 Å². The summed E-state index contributed by atoms with van der Waals surface area (Å²) in [7, 11) is 0. The van der Waals surface area contributed by atoms with Crippen molar-refractivity contribution in [2.75, 3.05) is 11.9 Å². The van der Waals surface area contributed by atoms with Gasteiger partial charge in [0.2, 0.25) is 0 Å². The number of carbonyl (C=O) groups excluding carboxylic acids is 1. The maximum absolute atomic E-state index is 12.1. The van der Waals surface area contributed by atoms with Crippen LogP contribution in [0, 0.1) is 0 Å². The summed E-state index contributed by atoms with van der Waals surface area (Å²) in [5, 5.41) is 8.80. The van der Waals surface area contributed by atoms with Crippen LogP contribution in [0.3, 0.4) is 0 Å². The molecule has 2 aromatic carbocycles. The summed E-state index contributed by atoms with van der Waals surface area (Å²) in [6.45, 7) is -0.0845. The Morgan fingerprint density at radius 3 is 2.77 bits per heavy atom. The average Bonchev–Trinajstić information content (AvgIpc) is 3.22. The van der Waals surface area contributed by atoms with E-state index in [1.165, 1.54) is 11.0 Å². The van der Waals surface area contributed by atoms with Gasteiger partial charge in [-0.15, -0.1) is 0 Å². The maximum Gasteiger partial charge on any atom is 0.262 e. The number of pyridine rings is 1. The number of hydrogen-bond acceptors (Lipinski definition) is 5. The number of aromatic nitrogens is 4. The summed E-state index contributed by atoms with van der Waals surface area (Å²) < 4.78 is 7.22. The molecule has 0 radical (unpaired) electrons. The first-order valence-electron chi connectivity index (χ1n) is 8.01. The van der Waals surface area contributed by atoms with E-state index in [-0.39, 0.29) is 12.5 Å². The molecule has 0 fully saturated rings. The van der Waals surface area contributed by atoms with E-state index < -0.39 is 0 Å². The minimum Gasteiger partial charge on any atom is -0.483 e. The number of hydrogen-bond donors (Lipinski definition) is 1. The van der Waals surface area contributed by atoms with Gasteiger partial charge in [-0.25, -0.2) is 14.6 Å². The smallest absolute Gasteiger partial charge is 0.262 e. The van der Waals surface area contributed by atoms with E-state index >= 15 is 0 Å². The predicted octanol–water partition coefficient (Wildman–Crippen LogP) is 2.83. The van der Waals surface area contributed by atoms with Gasteiger partial charge in [-0.1, -0.05) is 36.4 Å². The molecule has 0 unspecified atom stereocenters. The third kappa shape index (κ3) is 3.36. The van der Waals surface area contributed by atoms with E-state index in [0.717, 1.165) is 10.8 Å². The second kappa shape index (κ2) is 7.02. The van der Waals surface area contributed by atoms with Crippen LogP contribution in [-0.2, 0) is 4.79 Å². The molecule has 0 atom stereocenters. The Balaban J connectivity index is 1.39. The molecular weight excluding hydrogens is 330 g/mol. The quantitative estimate of drug-likeness (QED) is 0.601. The fraction of sp³-hybridized carbons (Fsp3) is 0.0526. The Bertz CT molecular complexity index is 1020. The zero-order chi connectivity index (χ0) is 17.8. The fourth-order valence-electron chi connectivity index (χ4n) is 2.58. The highest BCUT2D eigenvalue weighted by atomic mass is 16.5. The lowest BCUT2D eigenvalue weighted by molar-refractivity contribution is -0.118. The monoisotopic (exact) mass is 345 g/mol. The van der Waals surface area contributed by atoms with E-state index in [1.54, 1.807) is 24.7 Å². The van der Waals surface area contributed by atoms with Gasteiger partial charge in [-0.05, 0) is 23.6 Å². The molecule has 0 aliphatic carbocycles. The summed E-state index contributed by atoms with van der Waals surface area (Å²) in [4.78, 5) is 20.3. The molecule has 4 aromatic rings. The van der Waals surface area contributed by atoms with Gasteiger partial charge in [0.05, 0.1) is 11.9 Å². The Labute approximate surface area is 149 Å². The average molecular weight is 345 g/mol. The van der Waals surface area contributed by atoms with Crippen molar-refractivity contribution in [3.05, 3.63) is 73.4 Å². The van der Waals surface area contributed by atoms with Crippen LogP contribution in [0.1, 0.15) is 0 Å². The Hall–Kier alpha value is -3.74. The van der Waals surface area contributed by atoms with Gasteiger partial charge in [-0.2, -0.15) is 5.10 Å². The zero-order valence-electron chi connectivity index (χ0n) is 13.7. The Kier molecular flexibility index (Phi) is 4.26. The fourth-order valence-corrected chi connectivity index (χ4v) is 2.58. The first-order chi connectivity index (χ1) is 12.8. The lowest BCUT2D eigenvalue weighted by Crippen LogP contribution is -2.20. The van der Waals surface area contributed by atoms with Crippen LogP contribution >= 0.6 is 0 Å². The minimum absolute atomic E-state index is 0.0845.